The van der Waals surface area contributed by atoms with Crippen LogP contribution in [0.25, 0.3) is 0 Å². The third kappa shape index (κ3) is 27.3. The van der Waals surface area contributed by atoms with Gasteiger partial charge in [-0.1, -0.05) is 226 Å². The van der Waals surface area contributed by atoms with Crippen molar-refractivity contribution in [2.75, 3.05) is 13.1 Å². The maximum absolute atomic E-state index is 2.72. The minimum Gasteiger partial charge on any atom is -0.356 e. The van der Waals surface area contributed by atoms with Crippen molar-refractivity contribution in [1.82, 2.24) is 9.80 Å². The van der Waals surface area contributed by atoms with Gasteiger partial charge in [0.2, 0.25) is 0 Å². The highest BCUT2D eigenvalue weighted by Crippen LogP contribution is 2.24. The van der Waals surface area contributed by atoms with E-state index in [0.717, 1.165) is 0 Å². The summed E-state index contributed by atoms with van der Waals surface area (Å²) in [6.07, 6.45) is 57.4. The SMILES string of the molecule is CCCCCCCCCCCCCCCCCCCN1C=CN(CCCCCCCCCCCCC)C1CCCCCCCCC. The molecule has 1 aliphatic heterocycles. The van der Waals surface area contributed by atoms with Crippen LogP contribution in [0.5, 0.6) is 0 Å². The molecule has 0 fully saturated rings. The van der Waals surface area contributed by atoms with Crippen molar-refractivity contribution in [2.24, 2.45) is 0 Å². The van der Waals surface area contributed by atoms with Gasteiger partial charge in [-0.25, -0.2) is 0 Å². The average Bonchev–Trinajstić information content (AvgIpc) is 3.45. The van der Waals surface area contributed by atoms with Gasteiger partial charge in [0.1, 0.15) is 6.17 Å². The molecule has 0 bridgehead atoms. The van der Waals surface area contributed by atoms with E-state index in [1.807, 2.05) is 0 Å². The van der Waals surface area contributed by atoms with Crippen LogP contribution in [0.3, 0.4) is 0 Å². The van der Waals surface area contributed by atoms with E-state index in [1.165, 1.54) is 244 Å². The second-order valence-electron chi connectivity index (χ2n) is 15.4. The van der Waals surface area contributed by atoms with E-state index in [9.17, 15) is 0 Å². The molecule has 0 radical (unpaired) electrons. The zero-order valence-electron chi connectivity index (χ0n) is 32.5. The standard InChI is InChI=1S/C44H88N2/c1-4-7-10-13-16-18-20-21-22-23-24-25-27-29-32-35-38-41-46-43-42-45(44(46)39-36-33-30-15-12-9-6-3)40-37-34-31-28-26-19-17-14-11-8-5-2/h42-44H,4-41H2,1-3H3. The van der Waals surface area contributed by atoms with Crippen LogP contribution >= 0.6 is 0 Å². The molecular weight excluding hydrogens is 556 g/mol. The lowest BCUT2D eigenvalue weighted by molar-refractivity contribution is 0.135. The van der Waals surface area contributed by atoms with Gasteiger partial charge in [0.05, 0.1) is 0 Å². The van der Waals surface area contributed by atoms with Gasteiger partial charge in [0.15, 0.2) is 0 Å². The van der Waals surface area contributed by atoms with Crippen LogP contribution in [0.15, 0.2) is 12.4 Å². The smallest absolute Gasteiger partial charge is 0.101 e. The first-order valence-electron chi connectivity index (χ1n) is 22.0. The fourth-order valence-electron chi connectivity index (χ4n) is 7.60. The second kappa shape index (κ2) is 35.6. The van der Waals surface area contributed by atoms with E-state index >= 15 is 0 Å². The topological polar surface area (TPSA) is 6.48 Å². The van der Waals surface area contributed by atoms with Gasteiger partial charge in [-0.3, -0.25) is 0 Å². The lowest BCUT2D eigenvalue weighted by Gasteiger charge is -2.33. The van der Waals surface area contributed by atoms with Crippen LogP contribution in [0.4, 0.5) is 0 Å². The van der Waals surface area contributed by atoms with Crippen LogP contribution in [-0.4, -0.2) is 29.1 Å². The number of hydrogen-bond acceptors (Lipinski definition) is 2. The van der Waals surface area contributed by atoms with Crippen molar-refractivity contribution in [1.29, 1.82) is 0 Å². The zero-order valence-corrected chi connectivity index (χ0v) is 32.5. The molecule has 0 amide bonds. The average molecular weight is 645 g/mol. The third-order valence-electron chi connectivity index (χ3n) is 10.8. The Morgan fingerprint density at radius 3 is 0.761 bits per heavy atom. The molecule has 46 heavy (non-hydrogen) atoms. The third-order valence-corrected chi connectivity index (χ3v) is 10.8. The largest absolute Gasteiger partial charge is 0.356 e. The van der Waals surface area contributed by atoms with E-state index in [2.05, 4.69) is 43.0 Å². The summed E-state index contributed by atoms with van der Waals surface area (Å²) in [5, 5.41) is 0. The molecule has 0 aromatic heterocycles. The molecule has 0 aromatic rings. The van der Waals surface area contributed by atoms with Crippen LogP contribution in [0, 0.1) is 0 Å². The molecule has 1 heterocycles. The Labute approximate surface area is 292 Å². The lowest BCUT2D eigenvalue weighted by Crippen LogP contribution is -2.39. The number of rotatable bonds is 38. The summed E-state index contributed by atoms with van der Waals surface area (Å²) >= 11 is 0. The van der Waals surface area contributed by atoms with Gasteiger partial charge in [0.25, 0.3) is 0 Å². The van der Waals surface area contributed by atoms with E-state index in [-0.39, 0.29) is 0 Å². The Morgan fingerprint density at radius 1 is 0.283 bits per heavy atom. The number of nitrogens with zero attached hydrogens (tertiary/aromatic N) is 2. The maximum atomic E-state index is 2.72. The predicted octanol–water partition coefficient (Wildman–Crippen LogP) is 15.5. The molecule has 1 unspecified atom stereocenters. The summed E-state index contributed by atoms with van der Waals surface area (Å²) in [6, 6.07) is 0. The van der Waals surface area contributed by atoms with Gasteiger partial charge >= 0.3 is 0 Å². The summed E-state index contributed by atoms with van der Waals surface area (Å²) in [5.74, 6) is 0. The van der Waals surface area contributed by atoms with Crippen LogP contribution in [0.1, 0.15) is 252 Å². The monoisotopic (exact) mass is 645 g/mol. The molecule has 0 aliphatic carbocycles. The normalized spacial score (nSPS) is 14.7. The fraction of sp³-hybridized carbons (Fsp3) is 0.955. The molecule has 1 rings (SSSR count). The van der Waals surface area contributed by atoms with Crippen LogP contribution in [-0.2, 0) is 0 Å². The molecule has 0 saturated heterocycles. The Hall–Kier alpha value is -0.660. The highest BCUT2D eigenvalue weighted by molar-refractivity contribution is 4.97. The Morgan fingerprint density at radius 2 is 0.500 bits per heavy atom. The van der Waals surface area contributed by atoms with Gasteiger partial charge in [-0.05, 0) is 25.7 Å². The van der Waals surface area contributed by atoms with E-state index in [0.29, 0.717) is 6.17 Å². The molecule has 274 valence electrons. The van der Waals surface area contributed by atoms with E-state index < -0.39 is 0 Å². The summed E-state index contributed by atoms with van der Waals surface area (Å²) in [4.78, 5) is 5.44. The van der Waals surface area contributed by atoms with Crippen molar-refractivity contribution in [2.45, 2.75) is 258 Å². The molecule has 1 aliphatic rings. The van der Waals surface area contributed by atoms with Gasteiger partial charge in [-0.2, -0.15) is 0 Å². The molecule has 0 aromatic carbocycles. The summed E-state index contributed by atoms with van der Waals surface area (Å²) < 4.78 is 0. The van der Waals surface area contributed by atoms with E-state index in [4.69, 9.17) is 0 Å². The molecule has 2 nitrogen and oxygen atoms in total. The van der Waals surface area contributed by atoms with Crippen molar-refractivity contribution in [3.8, 4) is 0 Å². The molecule has 1 atom stereocenters. The predicted molar refractivity (Wildman–Crippen MR) is 210 cm³/mol. The van der Waals surface area contributed by atoms with Gasteiger partial charge < -0.3 is 9.80 Å². The minimum absolute atomic E-state index is 0.639. The molecule has 0 saturated carbocycles. The van der Waals surface area contributed by atoms with Crippen molar-refractivity contribution in [3.05, 3.63) is 12.4 Å². The quantitative estimate of drug-likeness (QED) is 0.0617. The first-order chi connectivity index (χ1) is 22.8. The van der Waals surface area contributed by atoms with Crippen LogP contribution < -0.4 is 0 Å². The van der Waals surface area contributed by atoms with Gasteiger partial charge in [-0.15, -0.1) is 0 Å². The lowest BCUT2D eigenvalue weighted by atomic mass is 10.0. The first-order valence-corrected chi connectivity index (χ1v) is 22.0. The zero-order chi connectivity index (χ0) is 33.0. The highest BCUT2D eigenvalue weighted by Gasteiger charge is 2.24. The van der Waals surface area contributed by atoms with Crippen molar-refractivity contribution >= 4 is 0 Å². The molecule has 0 spiro atoms. The first kappa shape index (κ1) is 43.4. The molecular formula is C44H88N2. The van der Waals surface area contributed by atoms with E-state index in [1.54, 1.807) is 0 Å². The summed E-state index contributed by atoms with van der Waals surface area (Å²) in [6.45, 7) is 9.49. The second-order valence-corrected chi connectivity index (χ2v) is 15.4. The summed E-state index contributed by atoms with van der Waals surface area (Å²) in [5.41, 5.74) is 0. The fourth-order valence-corrected chi connectivity index (χ4v) is 7.60. The number of hydrogen-bond donors (Lipinski definition) is 0. The van der Waals surface area contributed by atoms with Crippen molar-refractivity contribution in [3.63, 3.8) is 0 Å². The Bertz CT molecular complexity index is 601. The van der Waals surface area contributed by atoms with Gasteiger partial charge in [0, 0.05) is 25.5 Å². The highest BCUT2D eigenvalue weighted by atomic mass is 15.4. The summed E-state index contributed by atoms with van der Waals surface area (Å²) in [7, 11) is 0. The Balaban J connectivity index is 2.13. The Kier molecular flexibility index (Phi) is 33.6. The minimum atomic E-state index is 0.639. The van der Waals surface area contributed by atoms with Crippen molar-refractivity contribution < 1.29 is 0 Å². The molecule has 2 heteroatoms. The van der Waals surface area contributed by atoms with Crippen LogP contribution in [0.2, 0.25) is 0 Å². The maximum Gasteiger partial charge on any atom is 0.101 e. The number of unbranched alkanes of at least 4 members (excludes halogenated alkanes) is 32. The molecule has 0 N–H and O–H groups in total.